The van der Waals surface area contributed by atoms with Crippen LogP contribution in [0.5, 0.6) is 0 Å². The third kappa shape index (κ3) is 3.73. The van der Waals surface area contributed by atoms with E-state index in [-0.39, 0.29) is 23.6 Å². The van der Waals surface area contributed by atoms with Gasteiger partial charge < -0.3 is 18.1 Å². The zero-order valence-electron chi connectivity index (χ0n) is 9.94. The third-order valence-electron chi connectivity index (χ3n) is 2.42. The Kier molecular flexibility index (Phi) is 5.87. The highest BCUT2D eigenvalue weighted by Gasteiger charge is 2.34. The molecule has 2 amide bonds. The lowest BCUT2D eigenvalue weighted by Gasteiger charge is -2.08. The van der Waals surface area contributed by atoms with Gasteiger partial charge in [-0.05, 0) is 35.5 Å². The summed E-state index contributed by atoms with van der Waals surface area (Å²) in [6.45, 7) is 0.884. The molecule has 1 fully saturated rings. The first-order chi connectivity index (χ1) is 8.61. The van der Waals surface area contributed by atoms with Crippen LogP contribution in [0.15, 0.2) is 29.2 Å². The molecule has 1 aromatic rings. The van der Waals surface area contributed by atoms with E-state index in [4.69, 9.17) is 11.6 Å². The summed E-state index contributed by atoms with van der Waals surface area (Å²) < 4.78 is 0. The number of halogens is 2. The maximum absolute atomic E-state index is 11.9. The molecule has 19 heavy (non-hydrogen) atoms. The number of carbonyl (C=O) groups excluding carboxylic acids is 2. The number of carbonyl (C=O) groups is 2. The van der Waals surface area contributed by atoms with Crippen LogP contribution in [0.1, 0.15) is 5.56 Å². The summed E-state index contributed by atoms with van der Waals surface area (Å²) in [4.78, 5) is 25.2. The summed E-state index contributed by atoms with van der Waals surface area (Å²) in [7, 11) is 0. The molecule has 3 N–H and O–H groups in total. The van der Waals surface area contributed by atoms with Gasteiger partial charge in [-0.25, -0.2) is 0 Å². The summed E-state index contributed by atoms with van der Waals surface area (Å²) in [5.74, 6) is -0.247. The molecule has 0 saturated carbocycles. The second-order valence-electron chi connectivity index (χ2n) is 3.74. The number of hydrogen-bond donors (Lipinski definition) is 1. The minimum absolute atomic E-state index is 0. The Balaban J connectivity index is 0.00000180. The average Bonchev–Trinajstić information content (AvgIpc) is 2.60. The van der Waals surface area contributed by atoms with Gasteiger partial charge in [0, 0.05) is 5.02 Å². The number of imide groups is 1. The first-order valence-electron chi connectivity index (χ1n) is 5.42. The Labute approximate surface area is 126 Å². The van der Waals surface area contributed by atoms with Gasteiger partial charge in [-0.15, -0.1) is 0 Å². The maximum atomic E-state index is 11.9. The molecule has 2 rings (SSSR count). The molecule has 4 nitrogen and oxygen atoms in total. The van der Waals surface area contributed by atoms with Gasteiger partial charge in [0.05, 0.1) is 18.0 Å². The predicted molar refractivity (Wildman–Crippen MR) is 71.9 cm³/mol. The van der Waals surface area contributed by atoms with Crippen LogP contribution in [0.25, 0.3) is 6.08 Å². The molecular weight excluding hydrogens is 307 g/mol. The van der Waals surface area contributed by atoms with E-state index in [2.05, 4.69) is 5.73 Å². The smallest absolute Gasteiger partial charge is 0.293 e. The van der Waals surface area contributed by atoms with Crippen molar-refractivity contribution in [3.05, 3.63) is 39.8 Å². The van der Waals surface area contributed by atoms with E-state index in [9.17, 15) is 9.59 Å². The van der Waals surface area contributed by atoms with E-state index in [0.29, 0.717) is 23.0 Å². The number of thioether (sulfide) groups is 1. The highest BCUT2D eigenvalue weighted by atomic mass is 35.5. The highest BCUT2D eigenvalue weighted by molar-refractivity contribution is 8.18. The van der Waals surface area contributed by atoms with Gasteiger partial charge in [-0.1, -0.05) is 23.7 Å². The van der Waals surface area contributed by atoms with Gasteiger partial charge >= 0.3 is 0 Å². The van der Waals surface area contributed by atoms with E-state index in [1.807, 2.05) is 0 Å². The van der Waals surface area contributed by atoms with Crippen molar-refractivity contribution in [2.24, 2.45) is 0 Å². The van der Waals surface area contributed by atoms with Crippen LogP contribution in [0.3, 0.4) is 0 Å². The molecule has 102 valence electrons. The minimum Gasteiger partial charge on any atom is -1.00 e. The number of benzene rings is 1. The molecule has 1 heterocycles. The topological polar surface area (TPSA) is 65.0 Å². The monoisotopic (exact) mass is 318 g/mol. The molecule has 1 aliphatic heterocycles. The van der Waals surface area contributed by atoms with Gasteiger partial charge in [0.25, 0.3) is 11.1 Å². The first kappa shape index (κ1) is 16.0. The Morgan fingerprint density at radius 1 is 1.26 bits per heavy atom. The molecule has 0 bridgehead atoms. The molecule has 1 aliphatic rings. The predicted octanol–water partition coefficient (Wildman–Crippen LogP) is -1.38. The van der Waals surface area contributed by atoms with Crippen molar-refractivity contribution in [2.75, 3.05) is 13.1 Å². The molecule has 1 aromatic carbocycles. The summed E-state index contributed by atoms with van der Waals surface area (Å²) >= 11 is 6.74. The summed E-state index contributed by atoms with van der Waals surface area (Å²) in [6, 6.07) is 7.09. The van der Waals surface area contributed by atoms with Crippen molar-refractivity contribution in [1.29, 1.82) is 0 Å². The third-order valence-corrected chi connectivity index (χ3v) is 3.58. The Morgan fingerprint density at radius 2 is 1.89 bits per heavy atom. The number of amides is 2. The lowest BCUT2D eigenvalue weighted by atomic mass is 10.2. The van der Waals surface area contributed by atoms with Crippen LogP contribution in [-0.4, -0.2) is 29.1 Å². The van der Waals surface area contributed by atoms with Crippen LogP contribution in [0.2, 0.25) is 5.02 Å². The molecule has 7 heteroatoms. The number of hydrogen-bond acceptors (Lipinski definition) is 3. The highest BCUT2D eigenvalue weighted by Crippen LogP contribution is 2.31. The number of nitrogens with zero attached hydrogens (tertiary/aromatic N) is 1. The van der Waals surface area contributed by atoms with Crippen molar-refractivity contribution < 1.29 is 27.7 Å². The van der Waals surface area contributed by atoms with Crippen molar-refractivity contribution in [2.45, 2.75) is 0 Å². The summed E-state index contributed by atoms with van der Waals surface area (Å²) in [5, 5.41) is 0.404. The van der Waals surface area contributed by atoms with E-state index >= 15 is 0 Å². The van der Waals surface area contributed by atoms with Crippen molar-refractivity contribution in [3.63, 3.8) is 0 Å². The molecule has 0 radical (unpaired) electrons. The minimum atomic E-state index is -0.247. The molecule has 0 atom stereocenters. The van der Waals surface area contributed by atoms with Crippen LogP contribution in [-0.2, 0) is 4.79 Å². The first-order valence-corrected chi connectivity index (χ1v) is 6.61. The van der Waals surface area contributed by atoms with Gasteiger partial charge in [0.2, 0.25) is 0 Å². The molecule has 0 aromatic heterocycles. The van der Waals surface area contributed by atoms with Gasteiger partial charge in [-0.3, -0.25) is 14.5 Å². The van der Waals surface area contributed by atoms with Gasteiger partial charge in [0.15, 0.2) is 0 Å². The second kappa shape index (κ2) is 6.96. The van der Waals surface area contributed by atoms with Crippen molar-refractivity contribution in [1.82, 2.24) is 4.90 Å². The summed E-state index contributed by atoms with van der Waals surface area (Å²) in [5.41, 5.74) is 4.49. The largest absolute Gasteiger partial charge is 1.00 e. The molecule has 1 saturated heterocycles. The normalized spacial score (nSPS) is 16.9. The van der Waals surface area contributed by atoms with Crippen LogP contribution in [0, 0.1) is 0 Å². The fourth-order valence-corrected chi connectivity index (χ4v) is 2.55. The van der Waals surface area contributed by atoms with E-state index in [1.165, 1.54) is 4.90 Å². The van der Waals surface area contributed by atoms with Gasteiger partial charge in [-0.2, -0.15) is 0 Å². The van der Waals surface area contributed by atoms with E-state index in [1.54, 1.807) is 30.3 Å². The number of rotatable bonds is 3. The lowest BCUT2D eigenvalue weighted by molar-refractivity contribution is -0.367. The van der Waals surface area contributed by atoms with E-state index in [0.717, 1.165) is 17.3 Å². The quantitative estimate of drug-likeness (QED) is 0.699. The molecular formula is C12H12Cl2N2O2S. The van der Waals surface area contributed by atoms with Crippen LogP contribution >= 0.6 is 23.4 Å². The van der Waals surface area contributed by atoms with Crippen LogP contribution in [0.4, 0.5) is 4.79 Å². The van der Waals surface area contributed by atoms with Crippen molar-refractivity contribution in [3.8, 4) is 0 Å². The maximum Gasteiger partial charge on any atom is 0.293 e. The zero-order valence-corrected chi connectivity index (χ0v) is 12.3. The Bertz CT molecular complexity index is 517. The summed E-state index contributed by atoms with van der Waals surface area (Å²) in [6.07, 6.45) is 1.70. The number of quaternary nitrogens is 1. The molecule has 0 unspecified atom stereocenters. The standard InChI is InChI=1S/C12H11ClN2O2S.ClH/c13-9-3-1-8(2-4-9)7-10-11(16)15(6-5-14)12(17)18-10;/h1-4,7H,5-6,14H2;1H/b10-7-;. The fraction of sp³-hybridized carbons (Fsp3) is 0.167. The van der Waals surface area contributed by atoms with Crippen molar-refractivity contribution >= 4 is 40.6 Å². The SMILES string of the molecule is [Cl-].[NH3+]CCN1C(=O)S/C(=C\c2ccc(Cl)cc2)C1=O. The molecule has 0 spiro atoms. The Morgan fingerprint density at radius 3 is 2.47 bits per heavy atom. The molecule has 0 aliphatic carbocycles. The van der Waals surface area contributed by atoms with Gasteiger partial charge in [0.1, 0.15) is 0 Å². The average molecular weight is 319 g/mol. The van der Waals surface area contributed by atoms with Crippen LogP contribution < -0.4 is 18.1 Å². The lowest BCUT2D eigenvalue weighted by Crippen LogP contribution is -3.00. The second-order valence-corrected chi connectivity index (χ2v) is 5.17. The Hall–Kier alpha value is -1.01. The van der Waals surface area contributed by atoms with E-state index < -0.39 is 0 Å². The fourth-order valence-electron chi connectivity index (χ4n) is 1.56. The zero-order chi connectivity index (χ0) is 13.1.